The predicted molar refractivity (Wildman–Crippen MR) is 94.9 cm³/mol. The fourth-order valence-electron chi connectivity index (χ4n) is 3.62. The van der Waals surface area contributed by atoms with Gasteiger partial charge >= 0.3 is 0 Å². The number of nitrogens with zero attached hydrogens (tertiary/aromatic N) is 2. The van der Waals surface area contributed by atoms with Crippen molar-refractivity contribution < 1.29 is 4.79 Å². The molecule has 3 nitrogen and oxygen atoms in total. The van der Waals surface area contributed by atoms with E-state index in [1.54, 1.807) is 0 Å². The van der Waals surface area contributed by atoms with E-state index in [0.29, 0.717) is 6.42 Å². The summed E-state index contributed by atoms with van der Waals surface area (Å²) in [6.45, 7) is 4.01. The van der Waals surface area contributed by atoms with Crippen molar-refractivity contribution in [1.82, 2.24) is 9.78 Å². The van der Waals surface area contributed by atoms with Crippen molar-refractivity contribution in [2.45, 2.75) is 32.6 Å². The van der Waals surface area contributed by atoms with Gasteiger partial charge in [-0.25, -0.2) is 4.68 Å². The molecule has 0 N–H and O–H groups in total. The monoisotopic (exact) mass is 316 g/mol. The zero-order valence-corrected chi connectivity index (χ0v) is 14.0. The normalized spacial score (nSPS) is 16.9. The quantitative estimate of drug-likeness (QED) is 0.702. The van der Waals surface area contributed by atoms with E-state index in [0.717, 1.165) is 29.1 Å². The molecule has 0 fully saturated rings. The summed E-state index contributed by atoms with van der Waals surface area (Å²) in [5.74, 6) is 0.437. The second-order valence-corrected chi connectivity index (χ2v) is 6.59. The number of aromatic nitrogens is 2. The summed E-state index contributed by atoms with van der Waals surface area (Å²) in [7, 11) is 0. The van der Waals surface area contributed by atoms with Crippen LogP contribution in [0.5, 0.6) is 0 Å². The topological polar surface area (TPSA) is 34.9 Å². The first-order chi connectivity index (χ1) is 11.6. The second kappa shape index (κ2) is 5.75. The van der Waals surface area contributed by atoms with E-state index in [1.165, 1.54) is 11.1 Å². The number of hydrogen-bond donors (Lipinski definition) is 0. The number of ketones is 1. The average Bonchev–Trinajstić information content (AvgIpc) is 2.93. The lowest BCUT2D eigenvalue weighted by atomic mass is 9.81. The van der Waals surface area contributed by atoms with Crippen LogP contribution in [0.3, 0.4) is 0 Å². The van der Waals surface area contributed by atoms with Gasteiger partial charge in [-0.15, -0.1) is 0 Å². The van der Waals surface area contributed by atoms with Crippen LogP contribution in [0.25, 0.3) is 5.69 Å². The highest BCUT2D eigenvalue weighted by Crippen LogP contribution is 2.35. The van der Waals surface area contributed by atoms with Crippen molar-refractivity contribution in [1.29, 1.82) is 0 Å². The van der Waals surface area contributed by atoms with E-state index in [-0.39, 0.29) is 11.7 Å². The number of Topliss-reactive ketones (excluding diaryl/α,β-unsaturated/α-hetero) is 1. The summed E-state index contributed by atoms with van der Waals surface area (Å²) in [5.41, 5.74) is 6.17. The van der Waals surface area contributed by atoms with E-state index in [4.69, 9.17) is 0 Å². The van der Waals surface area contributed by atoms with E-state index in [1.807, 2.05) is 29.8 Å². The van der Waals surface area contributed by atoms with Gasteiger partial charge in [0.15, 0.2) is 5.78 Å². The number of fused-ring (bicyclic) bond motifs is 1. The Balaban J connectivity index is 1.80. The minimum absolute atomic E-state index is 0.209. The third-order valence-corrected chi connectivity index (χ3v) is 4.86. The molecule has 0 saturated carbocycles. The van der Waals surface area contributed by atoms with Gasteiger partial charge in [-0.2, -0.15) is 5.10 Å². The number of hydrogen-bond acceptors (Lipinski definition) is 2. The summed E-state index contributed by atoms with van der Waals surface area (Å²) < 4.78 is 1.96. The molecule has 24 heavy (non-hydrogen) atoms. The van der Waals surface area contributed by atoms with Crippen LogP contribution < -0.4 is 0 Å². The van der Waals surface area contributed by atoms with E-state index in [9.17, 15) is 4.79 Å². The molecular formula is C21H20N2O. The molecule has 120 valence electrons. The standard InChI is InChI=1S/C21H20N2O/c1-14-8-10-18(11-9-14)23-19-12-17(16-6-4-3-5-7-16)13-20(24)21(19)15(2)22-23/h3-11,17H,12-13H2,1-2H3. The third kappa shape index (κ3) is 2.46. The SMILES string of the molecule is Cc1ccc(-n2nc(C)c3c2CC(c2ccccc2)CC3=O)cc1. The maximum Gasteiger partial charge on any atom is 0.167 e. The molecule has 0 aliphatic heterocycles. The van der Waals surface area contributed by atoms with Crippen LogP contribution in [0.1, 0.15) is 45.2 Å². The molecule has 1 unspecified atom stereocenters. The molecule has 0 saturated heterocycles. The highest BCUT2D eigenvalue weighted by Gasteiger charge is 2.31. The van der Waals surface area contributed by atoms with Crippen molar-refractivity contribution in [3.63, 3.8) is 0 Å². The van der Waals surface area contributed by atoms with Gasteiger partial charge in [-0.3, -0.25) is 4.79 Å². The largest absolute Gasteiger partial charge is 0.294 e. The Hall–Kier alpha value is -2.68. The fraction of sp³-hybridized carbons (Fsp3) is 0.238. The van der Waals surface area contributed by atoms with Crippen LogP contribution in [-0.4, -0.2) is 15.6 Å². The minimum atomic E-state index is 0.209. The van der Waals surface area contributed by atoms with Gasteiger partial charge < -0.3 is 0 Å². The highest BCUT2D eigenvalue weighted by molar-refractivity contribution is 6.00. The molecule has 2 aromatic carbocycles. The van der Waals surface area contributed by atoms with Crippen LogP contribution in [0.4, 0.5) is 0 Å². The Morgan fingerprint density at radius 2 is 1.67 bits per heavy atom. The Labute approximate surface area is 141 Å². The number of carbonyl (C=O) groups excluding carboxylic acids is 1. The summed E-state index contributed by atoms with van der Waals surface area (Å²) in [6, 6.07) is 18.6. The lowest BCUT2D eigenvalue weighted by molar-refractivity contribution is 0.0963. The molecule has 0 amide bonds. The maximum absolute atomic E-state index is 12.7. The van der Waals surface area contributed by atoms with Crippen molar-refractivity contribution in [2.75, 3.05) is 0 Å². The summed E-state index contributed by atoms with van der Waals surface area (Å²) >= 11 is 0. The van der Waals surface area contributed by atoms with Gasteiger partial charge in [0.25, 0.3) is 0 Å². The summed E-state index contributed by atoms with van der Waals surface area (Å²) in [4.78, 5) is 12.7. The van der Waals surface area contributed by atoms with Crippen molar-refractivity contribution in [3.05, 3.63) is 82.7 Å². The average molecular weight is 316 g/mol. The Kier molecular flexibility index (Phi) is 3.57. The van der Waals surface area contributed by atoms with E-state index >= 15 is 0 Å². The summed E-state index contributed by atoms with van der Waals surface area (Å²) in [6.07, 6.45) is 1.41. The third-order valence-electron chi connectivity index (χ3n) is 4.86. The van der Waals surface area contributed by atoms with Crippen molar-refractivity contribution >= 4 is 5.78 Å². The van der Waals surface area contributed by atoms with Gasteiger partial charge in [-0.1, -0.05) is 48.0 Å². The van der Waals surface area contributed by atoms with Crippen LogP contribution in [0, 0.1) is 13.8 Å². The molecule has 1 aliphatic carbocycles. The van der Waals surface area contributed by atoms with Gasteiger partial charge in [0.2, 0.25) is 0 Å². The first kappa shape index (κ1) is 14.9. The molecule has 0 spiro atoms. The summed E-state index contributed by atoms with van der Waals surface area (Å²) in [5, 5.41) is 4.67. The lowest BCUT2D eigenvalue weighted by Crippen LogP contribution is -2.20. The Morgan fingerprint density at radius 3 is 2.38 bits per heavy atom. The van der Waals surface area contributed by atoms with Crippen LogP contribution in [0.2, 0.25) is 0 Å². The molecule has 4 rings (SSSR count). The number of benzene rings is 2. The minimum Gasteiger partial charge on any atom is -0.294 e. The van der Waals surface area contributed by atoms with Crippen molar-refractivity contribution in [3.8, 4) is 5.69 Å². The Morgan fingerprint density at radius 1 is 0.958 bits per heavy atom. The van der Waals surface area contributed by atoms with Crippen LogP contribution >= 0.6 is 0 Å². The number of rotatable bonds is 2. The van der Waals surface area contributed by atoms with E-state index < -0.39 is 0 Å². The second-order valence-electron chi connectivity index (χ2n) is 6.59. The molecule has 0 bridgehead atoms. The first-order valence-corrected chi connectivity index (χ1v) is 8.37. The van der Waals surface area contributed by atoms with Crippen LogP contribution in [-0.2, 0) is 6.42 Å². The molecule has 1 heterocycles. The number of carbonyl (C=O) groups is 1. The van der Waals surface area contributed by atoms with E-state index in [2.05, 4.69) is 48.4 Å². The molecule has 3 heteroatoms. The van der Waals surface area contributed by atoms with Gasteiger partial charge in [-0.05, 0) is 43.9 Å². The first-order valence-electron chi connectivity index (χ1n) is 8.37. The Bertz CT molecular complexity index is 892. The predicted octanol–water partition coefficient (Wildman–Crippen LogP) is 4.40. The molecule has 0 radical (unpaired) electrons. The highest BCUT2D eigenvalue weighted by atomic mass is 16.1. The smallest absolute Gasteiger partial charge is 0.167 e. The molecule has 3 aromatic rings. The van der Waals surface area contributed by atoms with Gasteiger partial charge in [0.1, 0.15) is 0 Å². The van der Waals surface area contributed by atoms with Crippen molar-refractivity contribution in [2.24, 2.45) is 0 Å². The fourth-order valence-corrected chi connectivity index (χ4v) is 3.62. The lowest BCUT2D eigenvalue weighted by Gasteiger charge is -2.23. The maximum atomic E-state index is 12.7. The zero-order valence-electron chi connectivity index (χ0n) is 14.0. The molecule has 1 atom stereocenters. The molecule has 1 aliphatic rings. The van der Waals surface area contributed by atoms with Gasteiger partial charge in [0.05, 0.1) is 22.6 Å². The van der Waals surface area contributed by atoms with Gasteiger partial charge in [0, 0.05) is 6.42 Å². The molecular weight excluding hydrogens is 296 g/mol. The number of aryl methyl sites for hydroxylation is 2. The molecule has 1 aromatic heterocycles. The zero-order chi connectivity index (χ0) is 16.7. The van der Waals surface area contributed by atoms with Crippen LogP contribution in [0.15, 0.2) is 54.6 Å².